The standard InChI is InChI=1S/C22H30N4OS.HI/c1-2-23-22(24-16-17-11-14-27-20-7-4-3-6-19(17)20)25-18-9-12-26(13-10-18)21-8-5-15-28-21;/h3-8,15,17-18H,2,9-14,16H2,1H3,(H2,23,24,25);1H. The SMILES string of the molecule is CCNC(=NCC1CCOc2ccccc21)NC1CCN(c2cccs2)CC1.I. The van der Waals surface area contributed by atoms with Crippen LogP contribution in [0.3, 0.4) is 0 Å². The smallest absolute Gasteiger partial charge is 0.191 e. The molecule has 5 nitrogen and oxygen atoms in total. The molecule has 2 aromatic rings. The van der Waals surface area contributed by atoms with Gasteiger partial charge < -0.3 is 20.3 Å². The van der Waals surface area contributed by atoms with Crippen LogP contribution >= 0.6 is 35.3 Å². The van der Waals surface area contributed by atoms with Gasteiger partial charge in [-0.2, -0.15) is 0 Å². The third kappa shape index (κ3) is 5.78. The van der Waals surface area contributed by atoms with E-state index in [9.17, 15) is 0 Å². The van der Waals surface area contributed by atoms with Crippen molar-refractivity contribution in [3.63, 3.8) is 0 Å². The van der Waals surface area contributed by atoms with E-state index in [1.165, 1.54) is 10.6 Å². The highest BCUT2D eigenvalue weighted by atomic mass is 127. The fraction of sp³-hybridized carbons (Fsp3) is 0.500. The lowest BCUT2D eigenvalue weighted by Crippen LogP contribution is -2.48. The molecule has 1 aromatic heterocycles. The van der Waals surface area contributed by atoms with Gasteiger partial charge in [-0.25, -0.2) is 0 Å². The van der Waals surface area contributed by atoms with Gasteiger partial charge >= 0.3 is 0 Å². The van der Waals surface area contributed by atoms with Gasteiger partial charge in [-0.15, -0.1) is 35.3 Å². The molecule has 7 heteroatoms. The molecule has 0 radical (unpaired) electrons. The fourth-order valence-corrected chi connectivity index (χ4v) is 4.80. The van der Waals surface area contributed by atoms with E-state index in [-0.39, 0.29) is 24.0 Å². The summed E-state index contributed by atoms with van der Waals surface area (Å²) in [5, 5.41) is 10.6. The molecule has 3 heterocycles. The van der Waals surface area contributed by atoms with Crippen LogP contribution in [-0.4, -0.2) is 44.8 Å². The Morgan fingerprint density at radius 2 is 2.00 bits per heavy atom. The normalized spacial score (nSPS) is 19.7. The van der Waals surface area contributed by atoms with Crippen molar-refractivity contribution >= 4 is 46.3 Å². The number of ether oxygens (including phenoxy) is 1. The van der Waals surface area contributed by atoms with E-state index in [1.54, 1.807) is 0 Å². The predicted molar refractivity (Wildman–Crippen MR) is 133 cm³/mol. The number of para-hydroxylation sites is 1. The molecule has 1 unspecified atom stereocenters. The molecular weight excluding hydrogens is 495 g/mol. The second-order valence-electron chi connectivity index (χ2n) is 7.45. The quantitative estimate of drug-likeness (QED) is 0.343. The number of hydrogen-bond donors (Lipinski definition) is 2. The Balaban J connectivity index is 0.00000240. The average Bonchev–Trinajstić information content (AvgIpc) is 3.27. The molecule has 158 valence electrons. The summed E-state index contributed by atoms with van der Waals surface area (Å²) in [5.41, 5.74) is 1.29. The number of nitrogens with zero attached hydrogens (tertiary/aromatic N) is 2. The second-order valence-corrected chi connectivity index (χ2v) is 8.37. The summed E-state index contributed by atoms with van der Waals surface area (Å²) in [5.74, 6) is 2.40. The summed E-state index contributed by atoms with van der Waals surface area (Å²) in [6.45, 7) is 6.78. The minimum atomic E-state index is 0. The fourth-order valence-electron chi connectivity index (χ4n) is 4.01. The lowest BCUT2D eigenvalue weighted by Gasteiger charge is -2.33. The first-order chi connectivity index (χ1) is 13.8. The molecule has 0 bridgehead atoms. The van der Waals surface area contributed by atoms with Crippen LogP contribution in [0.1, 0.15) is 37.7 Å². The number of nitrogens with one attached hydrogen (secondary N) is 2. The van der Waals surface area contributed by atoms with Crippen molar-refractivity contribution in [1.29, 1.82) is 0 Å². The molecule has 0 amide bonds. The maximum Gasteiger partial charge on any atom is 0.191 e. The Morgan fingerprint density at radius 1 is 1.17 bits per heavy atom. The highest BCUT2D eigenvalue weighted by Crippen LogP contribution is 2.33. The lowest BCUT2D eigenvalue weighted by molar-refractivity contribution is 0.269. The van der Waals surface area contributed by atoms with E-state index < -0.39 is 0 Å². The zero-order valence-electron chi connectivity index (χ0n) is 17.0. The van der Waals surface area contributed by atoms with E-state index >= 15 is 0 Å². The number of guanidine groups is 1. The van der Waals surface area contributed by atoms with Crippen LogP contribution in [0.2, 0.25) is 0 Å². The number of anilines is 1. The highest BCUT2D eigenvalue weighted by molar-refractivity contribution is 14.0. The van der Waals surface area contributed by atoms with E-state index in [2.05, 4.69) is 58.2 Å². The zero-order chi connectivity index (χ0) is 19.2. The third-order valence-corrected chi connectivity index (χ3v) is 6.48. The molecule has 1 atom stereocenters. The number of rotatable bonds is 5. The molecular formula is C22H31IN4OS. The Kier molecular flexibility index (Phi) is 8.47. The van der Waals surface area contributed by atoms with Gasteiger partial charge in [-0.1, -0.05) is 18.2 Å². The number of halogens is 1. The van der Waals surface area contributed by atoms with Gasteiger partial charge in [0.1, 0.15) is 5.75 Å². The predicted octanol–water partition coefficient (Wildman–Crippen LogP) is 4.46. The Bertz CT molecular complexity index is 775. The maximum absolute atomic E-state index is 5.79. The number of benzene rings is 1. The molecule has 0 aliphatic carbocycles. The van der Waals surface area contributed by atoms with Crippen LogP contribution < -0.4 is 20.3 Å². The summed E-state index contributed by atoms with van der Waals surface area (Å²) in [6, 6.07) is 13.2. The highest BCUT2D eigenvalue weighted by Gasteiger charge is 2.23. The minimum absolute atomic E-state index is 0. The Hall–Kier alpha value is -1.48. The molecule has 0 spiro atoms. The molecule has 1 saturated heterocycles. The monoisotopic (exact) mass is 526 g/mol. The van der Waals surface area contributed by atoms with Crippen molar-refractivity contribution in [2.24, 2.45) is 4.99 Å². The van der Waals surface area contributed by atoms with Gasteiger partial charge in [0.15, 0.2) is 5.96 Å². The molecule has 4 rings (SSSR count). The number of aliphatic imine (C=N–C) groups is 1. The molecule has 1 fully saturated rings. The van der Waals surface area contributed by atoms with Crippen LogP contribution in [0.15, 0.2) is 46.8 Å². The minimum Gasteiger partial charge on any atom is -0.493 e. The summed E-state index contributed by atoms with van der Waals surface area (Å²) in [6.07, 6.45) is 3.31. The van der Waals surface area contributed by atoms with Crippen LogP contribution in [0, 0.1) is 0 Å². The number of thiophene rings is 1. The zero-order valence-corrected chi connectivity index (χ0v) is 20.1. The van der Waals surface area contributed by atoms with E-state index in [1.807, 2.05) is 17.4 Å². The molecule has 2 N–H and O–H groups in total. The number of piperidine rings is 1. The van der Waals surface area contributed by atoms with Gasteiger partial charge in [0.05, 0.1) is 11.6 Å². The van der Waals surface area contributed by atoms with E-state index in [4.69, 9.17) is 9.73 Å². The maximum atomic E-state index is 5.79. The first kappa shape index (κ1) is 22.2. The van der Waals surface area contributed by atoms with Gasteiger partial charge in [-0.3, -0.25) is 4.99 Å². The van der Waals surface area contributed by atoms with Gasteiger partial charge in [0.25, 0.3) is 0 Å². The molecule has 29 heavy (non-hydrogen) atoms. The number of hydrogen-bond acceptors (Lipinski definition) is 4. The van der Waals surface area contributed by atoms with Crippen molar-refractivity contribution in [2.75, 3.05) is 37.7 Å². The Morgan fingerprint density at radius 3 is 2.76 bits per heavy atom. The van der Waals surface area contributed by atoms with Crippen molar-refractivity contribution in [3.05, 3.63) is 47.3 Å². The summed E-state index contributed by atoms with van der Waals surface area (Å²) < 4.78 is 5.79. The molecule has 1 aromatic carbocycles. The van der Waals surface area contributed by atoms with Crippen molar-refractivity contribution in [1.82, 2.24) is 10.6 Å². The largest absolute Gasteiger partial charge is 0.493 e. The van der Waals surface area contributed by atoms with Crippen LogP contribution in [0.5, 0.6) is 5.75 Å². The van der Waals surface area contributed by atoms with Gasteiger partial charge in [-0.05, 0) is 55.3 Å². The third-order valence-electron chi connectivity index (χ3n) is 5.55. The first-order valence-electron chi connectivity index (χ1n) is 10.4. The summed E-state index contributed by atoms with van der Waals surface area (Å²) in [4.78, 5) is 7.42. The molecule has 2 aliphatic heterocycles. The molecule has 2 aliphatic rings. The van der Waals surface area contributed by atoms with E-state index in [0.29, 0.717) is 12.0 Å². The first-order valence-corrected chi connectivity index (χ1v) is 11.3. The van der Waals surface area contributed by atoms with Crippen LogP contribution in [0.4, 0.5) is 5.00 Å². The second kappa shape index (κ2) is 11.1. The topological polar surface area (TPSA) is 48.9 Å². The van der Waals surface area contributed by atoms with E-state index in [0.717, 1.165) is 63.8 Å². The van der Waals surface area contributed by atoms with Gasteiger partial charge in [0, 0.05) is 38.1 Å². The van der Waals surface area contributed by atoms with Crippen LogP contribution in [-0.2, 0) is 0 Å². The van der Waals surface area contributed by atoms with Crippen LogP contribution in [0.25, 0.3) is 0 Å². The summed E-state index contributed by atoms with van der Waals surface area (Å²) in [7, 11) is 0. The van der Waals surface area contributed by atoms with Crippen molar-refractivity contribution in [3.8, 4) is 5.75 Å². The average molecular weight is 526 g/mol. The Labute approximate surface area is 195 Å². The van der Waals surface area contributed by atoms with Gasteiger partial charge in [0.2, 0.25) is 0 Å². The molecule has 0 saturated carbocycles. The summed E-state index contributed by atoms with van der Waals surface area (Å²) >= 11 is 1.83. The number of fused-ring (bicyclic) bond motifs is 1. The van der Waals surface area contributed by atoms with Crippen molar-refractivity contribution in [2.45, 2.75) is 38.1 Å². The lowest BCUT2D eigenvalue weighted by atomic mass is 9.93. The van der Waals surface area contributed by atoms with Crippen molar-refractivity contribution < 1.29 is 4.74 Å².